The molecule has 0 saturated carbocycles. The number of hydrogen-bond acceptors (Lipinski definition) is 4. The van der Waals surface area contributed by atoms with Gasteiger partial charge in [-0.15, -0.1) is 0 Å². The summed E-state index contributed by atoms with van der Waals surface area (Å²) in [7, 11) is -1.17. The first kappa shape index (κ1) is 15.8. The van der Waals surface area contributed by atoms with E-state index in [-0.39, 0.29) is 23.5 Å². The topological polar surface area (TPSA) is 57.7 Å². The minimum Gasteiger partial charge on any atom is -0.342 e. The van der Waals surface area contributed by atoms with Crippen molar-refractivity contribution in [2.24, 2.45) is 0 Å². The van der Waals surface area contributed by atoms with Crippen LogP contribution in [-0.4, -0.2) is 68.4 Å². The van der Waals surface area contributed by atoms with Crippen molar-refractivity contribution >= 4 is 15.7 Å². The largest absolute Gasteiger partial charge is 0.342 e. The van der Waals surface area contributed by atoms with Gasteiger partial charge in [-0.25, -0.2) is 8.42 Å². The van der Waals surface area contributed by atoms with E-state index in [0.29, 0.717) is 12.8 Å². The molecule has 0 N–H and O–H groups in total. The van der Waals surface area contributed by atoms with E-state index < -0.39 is 9.84 Å². The summed E-state index contributed by atoms with van der Waals surface area (Å²) in [5.41, 5.74) is 0. The fourth-order valence-electron chi connectivity index (χ4n) is 3.07. The van der Waals surface area contributed by atoms with E-state index in [1.54, 1.807) is 11.9 Å². The van der Waals surface area contributed by atoms with Gasteiger partial charge in [0.05, 0.1) is 11.5 Å². The predicted molar refractivity (Wildman–Crippen MR) is 79.4 cm³/mol. The standard InChI is InChI=1S/C14H26N2O3S/c1-15(13-7-11-20(18,19)12-13)14(17)6-10-16-8-4-2-3-5-9-16/h13H,2-12H2,1H3. The van der Waals surface area contributed by atoms with E-state index in [4.69, 9.17) is 0 Å². The molecule has 1 unspecified atom stereocenters. The maximum atomic E-state index is 12.2. The zero-order valence-electron chi connectivity index (χ0n) is 12.4. The number of sulfone groups is 1. The van der Waals surface area contributed by atoms with E-state index in [1.165, 1.54) is 25.7 Å². The van der Waals surface area contributed by atoms with Crippen LogP contribution < -0.4 is 0 Å². The molecule has 2 fully saturated rings. The lowest BCUT2D eigenvalue weighted by Crippen LogP contribution is -2.39. The van der Waals surface area contributed by atoms with Crippen molar-refractivity contribution in [1.29, 1.82) is 0 Å². The Morgan fingerprint density at radius 3 is 2.40 bits per heavy atom. The lowest BCUT2D eigenvalue weighted by Gasteiger charge is -2.25. The average Bonchev–Trinajstić information content (AvgIpc) is 2.64. The molecule has 5 nitrogen and oxygen atoms in total. The van der Waals surface area contributed by atoms with E-state index in [1.807, 2.05) is 0 Å². The Bertz CT molecular complexity index is 428. The van der Waals surface area contributed by atoms with Crippen LogP contribution in [0.3, 0.4) is 0 Å². The van der Waals surface area contributed by atoms with Crippen LogP contribution >= 0.6 is 0 Å². The maximum absolute atomic E-state index is 12.2. The highest BCUT2D eigenvalue weighted by Crippen LogP contribution is 2.17. The van der Waals surface area contributed by atoms with Gasteiger partial charge in [-0.05, 0) is 32.4 Å². The fourth-order valence-corrected chi connectivity index (χ4v) is 4.85. The fraction of sp³-hybridized carbons (Fsp3) is 0.929. The van der Waals surface area contributed by atoms with Crippen molar-refractivity contribution in [2.45, 2.75) is 44.6 Å². The molecule has 0 spiro atoms. The molecule has 116 valence electrons. The number of amides is 1. The third-order valence-corrected chi connectivity index (χ3v) is 6.24. The summed E-state index contributed by atoms with van der Waals surface area (Å²) in [6.45, 7) is 2.99. The Labute approximate surface area is 122 Å². The second-order valence-corrected chi connectivity index (χ2v) is 8.30. The molecular weight excluding hydrogens is 276 g/mol. The average molecular weight is 302 g/mol. The quantitative estimate of drug-likeness (QED) is 0.774. The van der Waals surface area contributed by atoms with E-state index in [9.17, 15) is 13.2 Å². The Hall–Kier alpha value is -0.620. The summed E-state index contributed by atoms with van der Waals surface area (Å²) < 4.78 is 22.9. The molecular formula is C14H26N2O3S. The van der Waals surface area contributed by atoms with E-state index >= 15 is 0 Å². The number of carbonyl (C=O) groups is 1. The molecule has 2 heterocycles. The number of hydrogen-bond donors (Lipinski definition) is 0. The van der Waals surface area contributed by atoms with Crippen molar-refractivity contribution < 1.29 is 13.2 Å². The van der Waals surface area contributed by atoms with Crippen LogP contribution in [0.1, 0.15) is 38.5 Å². The molecule has 1 amide bonds. The van der Waals surface area contributed by atoms with Gasteiger partial charge < -0.3 is 9.80 Å². The van der Waals surface area contributed by atoms with Gasteiger partial charge in [0.1, 0.15) is 0 Å². The van der Waals surface area contributed by atoms with E-state index in [2.05, 4.69) is 4.90 Å². The number of likely N-dealkylation sites (tertiary alicyclic amines) is 1. The number of rotatable bonds is 4. The normalized spacial score (nSPS) is 27.1. The van der Waals surface area contributed by atoms with Crippen molar-refractivity contribution in [3.05, 3.63) is 0 Å². The van der Waals surface area contributed by atoms with Crippen molar-refractivity contribution in [3.8, 4) is 0 Å². The molecule has 2 aliphatic heterocycles. The van der Waals surface area contributed by atoms with Crippen LogP contribution in [0.2, 0.25) is 0 Å². The smallest absolute Gasteiger partial charge is 0.223 e. The van der Waals surface area contributed by atoms with Crippen LogP contribution in [0.4, 0.5) is 0 Å². The minimum absolute atomic E-state index is 0.0800. The van der Waals surface area contributed by atoms with Crippen LogP contribution in [0.5, 0.6) is 0 Å². The molecule has 1 atom stereocenters. The number of nitrogens with zero attached hydrogens (tertiary/aromatic N) is 2. The molecule has 0 radical (unpaired) electrons. The summed E-state index contributed by atoms with van der Waals surface area (Å²) in [6.07, 6.45) is 6.14. The third-order valence-electron chi connectivity index (χ3n) is 4.49. The first-order valence-electron chi connectivity index (χ1n) is 7.66. The summed E-state index contributed by atoms with van der Waals surface area (Å²) >= 11 is 0. The molecule has 6 heteroatoms. The second kappa shape index (κ2) is 6.89. The molecule has 0 aromatic rings. The maximum Gasteiger partial charge on any atom is 0.223 e. The zero-order valence-corrected chi connectivity index (χ0v) is 13.2. The SMILES string of the molecule is CN(C(=O)CCN1CCCCCC1)C1CCS(=O)(=O)C1. The van der Waals surface area contributed by atoms with Gasteiger partial charge in [0.15, 0.2) is 9.84 Å². The number of carbonyl (C=O) groups excluding carboxylic acids is 1. The van der Waals surface area contributed by atoms with Gasteiger partial charge >= 0.3 is 0 Å². The first-order valence-corrected chi connectivity index (χ1v) is 9.48. The van der Waals surface area contributed by atoms with Crippen molar-refractivity contribution in [3.63, 3.8) is 0 Å². The monoisotopic (exact) mass is 302 g/mol. The molecule has 20 heavy (non-hydrogen) atoms. The molecule has 0 aromatic heterocycles. The summed E-state index contributed by atoms with van der Waals surface area (Å²) in [5.74, 6) is 0.441. The molecule has 2 aliphatic rings. The van der Waals surface area contributed by atoms with E-state index in [0.717, 1.165) is 19.6 Å². The molecule has 2 rings (SSSR count). The first-order chi connectivity index (χ1) is 9.48. The Kier molecular flexibility index (Phi) is 5.43. The van der Waals surface area contributed by atoms with Crippen molar-refractivity contribution in [1.82, 2.24) is 9.80 Å². The highest BCUT2D eigenvalue weighted by Gasteiger charge is 2.32. The van der Waals surface area contributed by atoms with Gasteiger partial charge in [-0.2, -0.15) is 0 Å². The second-order valence-electron chi connectivity index (χ2n) is 6.07. The van der Waals surface area contributed by atoms with Gasteiger partial charge in [-0.3, -0.25) is 4.79 Å². The highest BCUT2D eigenvalue weighted by molar-refractivity contribution is 7.91. The molecule has 0 bridgehead atoms. The lowest BCUT2D eigenvalue weighted by molar-refractivity contribution is -0.131. The Morgan fingerprint density at radius 1 is 1.20 bits per heavy atom. The van der Waals surface area contributed by atoms with Crippen LogP contribution in [0.15, 0.2) is 0 Å². The lowest BCUT2D eigenvalue weighted by atomic mass is 10.2. The molecule has 0 aliphatic carbocycles. The van der Waals surface area contributed by atoms with Gasteiger partial charge in [0, 0.05) is 26.1 Å². The summed E-state index contributed by atoms with van der Waals surface area (Å²) in [6, 6.07) is -0.114. The predicted octanol–water partition coefficient (Wildman–Crippen LogP) is 0.898. The third kappa shape index (κ3) is 4.45. The Balaban J connectivity index is 1.76. The molecule has 0 aromatic carbocycles. The van der Waals surface area contributed by atoms with Gasteiger partial charge in [0.25, 0.3) is 0 Å². The highest BCUT2D eigenvalue weighted by atomic mass is 32.2. The Morgan fingerprint density at radius 2 is 1.85 bits per heavy atom. The summed E-state index contributed by atoms with van der Waals surface area (Å²) in [4.78, 5) is 16.2. The van der Waals surface area contributed by atoms with Crippen molar-refractivity contribution in [2.75, 3.05) is 38.2 Å². The zero-order chi connectivity index (χ0) is 14.6. The van der Waals surface area contributed by atoms with Crippen LogP contribution in [-0.2, 0) is 14.6 Å². The minimum atomic E-state index is -2.92. The van der Waals surface area contributed by atoms with Gasteiger partial charge in [0.2, 0.25) is 5.91 Å². The van der Waals surface area contributed by atoms with Gasteiger partial charge in [-0.1, -0.05) is 12.8 Å². The van der Waals surface area contributed by atoms with Crippen LogP contribution in [0, 0.1) is 0 Å². The van der Waals surface area contributed by atoms with Crippen LogP contribution in [0.25, 0.3) is 0 Å². The molecule has 2 saturated heterocycles. The summed E-state index contributed by atoms with van der Waals surface area (Å²) in [5, 5.41) is 0.